The van der Waals surface area contributed by atoms with Crippen LogP contribution in [0.5, 0.6) is 5.75 Å². The Morgan fingerprint density at radius 2 is 1.70 bits per heavy atom. The van der Waals surface area contributed by atoms with E-state index in [1.54, 1.807) is 18.2 Å². The number of carbonyl (C=O) groups is 1. The number of para-hydroxylation sites is 1. The highest BCUT2D eigenvalue weighted by Gasteiger charge is 2.14. The molecule has 0 unspecified atom stereocenters. The van der Waals surface area contributed by atoms with Gasteiger partial charge in [0.25, 0.3) is 0 Å². The van der Waals surface area contributed by atoms with Crippen LogP contribution >= 0.6 is 22.6 Å². The van der Waals surface area contributed by atoms with Gasteiger partial charge in [-0.2, -0.15) is 0 Å². The maximum atomic E-state index is 11.7. The van der Waals surface area contributed by atoms with Crippen molar-refractivity contribution in [1.29, 1.82) is 0 Å². The highest BCUT2D eigenvalue weighted by atomic mass is 127. The van der Waals surface area contributed by atoms with Crippen LogP contribution in [-0.2, 0) is 4.74 Å². The van der Waals surface area contributed by atoms with Crippen molar-refractivity contribution >= 4 is 34.3 Å². The molecule has 4 heteroatoms. The van der Waals surface area contributed by atoms with E-state index in [4.69, 9.17) is 9.47 Å². The number of halogens is 1. The fourth-order valence-electron chi connectivity index (χ4n) is 1.70. The number of rotatable bonds is 4. The van der Waals surface area contributed by atoms with Crippen LogP contribution in [0.3, 0.4) is 0 Å². The van der Waals surface area contributed by atoms with Crippen molar-refractivity contribution in [2.45, 2.75) is 0 Å². The van der Waals surface area contributed by atoms with Crippen molar-refractivity contribution in [1.82, 2.24) is 0 Å². The Labute approximate surface area is 131 Å². The molecule has 0 radical (unpaired) electrons. The minimum absolute atomic E-state index is 0.404. The molecule has 0 aliphatic heterocycles. The highest BCUT2D eigenvalue weighted by Crippen LogP contribution is 2.26. The smallest absolute Gasteiger partial charge is 0.341 e. The van der Waals surface area contributed by atoms with Gasteiger partial charge in [0.1, 0.15) is 17.1 Å². The lowest BCUT2D eigenvalue weighted by atomic mass is 10.2. The van der Waals surface area contributed by atoms with E-state index < -0.39 is 5.97 Å². The molecule has 0 fully saturated rings. The average Bonchev–Trinajstić information content (AvgIpc) is 2.53. The summed E-state index contributed by atoms with van der Waals surface area (Å²) in [6.07, 6.45) is 0. The number of carbonyl (C=O) groups excluding carboxylic acids is 1. The van der Waals surface area contributed by atoms with E-state index in [0.29, 0.717) is 17.1 Å². The minimum atomic E-state index is -0.415. The van der Waals surface area contributed by atoms with Crippen LogP contribution in [0, 0.1) is 0 Å². The van der Waals surface area contributed by atoms with Gasteiger partial charge < -0.3 is 9.47 Å². The van der Waals surface area contributed by atoms with Gasteiger partial charge in [-0.3, -0.25) is 0 Å². The number of benzene rings is 2. The third-order valence-corrected chi connectivity index (χ3v) is 3.24. The van der Waals surface area contributed by atoms with Crippen molar-refractivity contribution in [3.8, 4) is 5.75 Å². The predicted octanol–water partition coefficient (Wildman–Crippen LogP) is 4.29. The first kappa shape index (κ1) is 14.6. The van der Waals surface area contributed by atoms with Gasteiger partial charge in [0.15, 0.2) is 0 Å². The van der Waals surface area contributed by atoms with Crippen LogP contribution in [0.25, 0.3) is 5.76 Å². The Hall–Kier alpha value is -1.82. The summed E-state index contributed by atoms with van der Waals surface area (Å²) in [5, 5.41) is 0. The molecule has 2 aromatic rings. The molecule has 0 heterocycles. The SMILES string of the molecule is COC(=O)c1ccccc1O/C(=C\I)c1ccccc1. The quantitative estimate of drug-likeness (QED) is 0.451. The maximum Gasteiger partial charge on any atom is 0.341 e. The molecule has 0 aromatic heterocycles. The van der Waals surface area contributed by atoms with Crippen molar-refractivity contribution in [3.05, 3.63) is 69.8 Å². The molecule has 0 bridgehead atoms. The summed E-state index contributed by atoms with van der Waals surface area (Å²) >= 11 is 2.11. The van der Waals surface area contributed by atoms with E-state index in [1.165, 1.54) is 7.11 Å². The summed E-state index contributed by atoms with van der Waals surface area (Å²) in [6.45, 7) is 0. The van der Waals surface area contributed by atoms with Gasteiger partial charge in [-0.25, -0.2) is 4.79 Å². The second kappa shape index (κ2) is 7.09. The molecule has 0 N–H and O–H groups in total. The summed E-state index contributed by atoms with van der Waals surface area (Å²) in [4.78, 5) is 11.7. The second-order valence-electron chi connectivity index (χ2n) is 3.93. The van der Waals surface area contributed by atoms with Crippen LogP contribution in [0.2, 0.25) is 0 Å². The Kier molecular flexibility index (Phi) is 5.17. The number of ether oxygens (including phenoxy) is 2. The van der Waals surface area contributed by atoms with E-state index >= 15 is 0 Å². The summed E-state index contributed by atoms with van der Waals surface area (Å²) < 4.78 is 12.4. The van der Waals surface area contributed by atoms with Crippen LogP contribution in [0.15, 0.2) is 58.7 Å². The minimum Gasteiger partial charge on any atom is -0.465 e. The third kappa shape index (κ3) is 3.39. The molecule has 0 aliphatic rings. The van der Waals surface area contributed by atoms with E-state index in [-0.39, 0.29) is 0 Å². The first-order valence-corrected chi connectivity index (χ1v) is 7.22. The van der Waals surface area contributed by atoms with Gasteiger partial charge >= 0.3 is 5.97 Å². The van der Waals surface area contributed by atoms with E-state index in [2.05, 4.69) is 22.6 Å². The molecule has 0 saturated heterocycles. The largest absolute Gasteiger partial charge is 0.465 e. The fraction of sp³-hybridized carbons (Fsp3) is 0.0625. The average molecular weight is 380 g/mol. The lowest BCUT2D eigenvalue weighted by Crippen LogP contribution is -2.05. The van der Waals surface area contributed by atoms with Crippen molar-refractivity contribution in [3.63, 3.8) is 0 Å². The molecule has 0 aliphatic carbocycles. The molecule has 20 heavy (non-hydrogen) atoms. The molecular formula is C16H13IO3. The summed E-state index contributed by atoms with van der Waals surface area (Å²) in [5.41, 5.74) is 1.35. The third-order valence-electron chi connectivity index (χ3n) is 2.67. The molecule has 0 saturated carbocycles. The lowest BCUT2D eigenvalue weighted by Gasteiger charge is -2.12. The van der Waals surface area contributed by atoms with Crippen LogP contribution in [0.1, 0.15) is 15.9 Å². The monoisotopic (exact) mass is 380 g/mol. The molecule has 0 atom stereocenters. The fourth-order valence-corrected chi connectivity index (χ4v) is 2.19. The normalized spacial score (nSPS) is 11.0. The Bertz CT molecular complexity index is 621. The molecule has 2 aromatic carbocycles. The van der Waals surface area contributed by atoms with E-state index in [0.717, 1.165) is 5.56 Å². The van der Waals surface area contributed by atoms with E-state index in [9.17, 15) is 4.79 Å². The zero-order valence-electron chi connectivity index (χ0n) is 10.9. The Morgan fingerprint density at radius 1 is 1.05 bits per heavy atom. The molecular weight excluding hydrogens is 367 g/mol. The molecule has 102 valence electrons. The topological polar surface area (TPSA) is 35.5 Å². The highest BCUT2D eigenvalue weighted by molar-refractivity contribution is 14.1. The van der Waals surface area contributed by atoms with Crippen LogP contribution in [0.4, 0.5) is 0 Å². The molecule has 0 spiro atoms. The number of hydrogen-bond donors (Lipinski definition) is 0. The number of methoxy groups -OCH3 is 1. The summed E-state index contributed by atoms with van der Waals surface area (Å²) in [6, 6.07) is 16.7. The number of hydrogen-bond acceptors (Lipinski definition) is 3. The van der Waals surface area contributed by atoms with Crippen molar-refractivity contribution in [2.24, 2.45) is 0 Å². The molecule has 0 amide bonds. The van der Waals surface area contributed by atoms with Crippen LogP contribution < -0.4 is 4.74 Å². The van der Waals surface area contributed by atoms with Crippen molar-refractivity contribution in [2.75, 3.05) is 7.11 Å². The first-order valence-electron chi connectivity index (χ1n) is 5.97. The van der Waals surface area contributed by atoms with E-state index in [1.807, 2.05) is 40.5 Å². The standard InChI is InChI=1S/C16H13IO3/c1-19-16(18)13-9-5-6-10-14(13)20-15(11-17)12-7-3-2-4-8-12/h2-11H,1H3/b15-11-. The zero-order chi connectivity index (χ0) is 14.4. The van der Waals surface area contributed by atoms with Crippen molar-refractivity contribution < 1.29 is 14.3 Å². The van der Waals surface area contributed by atoms with Gasteiger partial charge in [0.2, 0.25) is 0 Å². The second-order valence-corrected chi connectivity index (χ2v) is 4.55. The Balaban J connectivity index is 2.32. The molecule has 3 nitrogen and oxygen atoms in total. The summed E-state index contributed by atoms with van der Waals surface area (Å²) in [7, 11) is 1.35. The predicted molar refractivity (Wildman–Crippen MR) is 86.8 cm³/mol. The number of esters is 1. The van der Waals surface area contributed by atoms with Gasteiger partial charge in [0, 0.05) is 9.65 Å². The van der Waals surface area contributed by atoms with Gasteiger partial charge in [-0.15, -0.1) is 0 Å². The maximum absolute atomic E-state index is 11.7. The summed E-state index contributed by atoms with van der Waals surface area (Å²) in [5.74, 6) is 0.746. The van der Waals surface area contributed by atoms with Gasteiger partial charge in [-0.05, 0) is 34.7 Å². The van der Waals surface area contributed by atoms with Gasteiger partial charge in [0.05, 0.1) is 7.11 Å². The zero-order valence-corrected chi connectivity index (χ0v) is 13.0. The lowest BCUT2D eigenvalue weighted by molar-refractivity contribution is 0.0598. The molecule has 2 rings (SSSR count). The Morgan fingerprint density at radius 3 is 2.35 bits per heavy atom. The first-order chi connectivity index (χ1) is 9.76. The van der Waals surface area contributed by atoms with Crippen LogP contribution in [-0.4, -0.2) is 13.1 Å². The van der Waals surface area contributed by atoms with Gasteiger partial charge in [-0.1, -0.05) is 42.5 Å².